The highest BCUT2D eigenvalue weighted by Crippen LogP contribution is 2.42. The lowest BCUT2D eigenvalue weighted by atomic mass is 9.95. The molecule has 2 N–H and O–H groups in total. The molecule has 10 heteroatoms. The van der Waals surface area contributed by atoms with E-state index in [0.717, 1.165) is 50.7 Å². The lowest BCUT2D eigenvalue weighted by Crippen LogP contribution is -2.51. The summed E-state index contributed by atoms with van der Waals surface area (Å²) in [6.07, 6.45) is 4.33. The van der Waals surface area contributed by atoms with Gasteiger partial charge in [0.25, 0.3) is 0 Å². The van der Waals surface area contributed by atoms with E-state index in [1.807, 2.05) is 6.92 Å². The fourth-order valence-corrected chi connectivity index (χ4v) is 7.94. The van der Waals surface area contributed by atoms with Crippen molar-refractivity contribution < 1.29 is 23.0 Å². The molecular formula is C32H35F2N5O3. The molecule has 3 unspecified atom stereocenters. The van der Waals surface area contributed by atoms with Crippen LogP contribution >= 0.6 is 0 Å². The van der Waals surface area contributed by atoms with E-state index in [1.54, 1.807) is 24.3 Å². The number of hydrogen-bond donors (Lipinski definition) is 2. The Labute approximate surface area is 242 Å². The van der Waals surface area contributed by atoms with Crippen LogP contribution in [0.3, 0.4) is 0 Å². The summed E-state index contributed by atoms with van der Waals surface area (Å²) in [5, 5.41) is 15.6. The summed E-state index contributed by atoms with van der Waals surface area (Å²) in [7, 11) is 0. The fraction of sp³-hybridized carbons (Fsp3) is 0.500. The summed E-state index contributed by atoms with van der Waals surface area (Å²) >= 11 is 0. The number of benzene rings is 2. The topological polar surface area (TPSA) is 86.9 Å². The van der Waals surface area contributed by atoms with Crippen molar-refractivity contribution in [2.45, 2.75) is 69.2 Å². The van der Waals surface area contributed by atoms with Crippen molar-refractivity contribution in [3.8, 4) is 23.1 Å². The maximum Gasteiger partial charge on any atom is 0.228 e. The van der Waals surface area contributed by atoms with Gasteiger partial charge in [0.05, 0.1) is 5.54 Å². The van der Waals surface area contributed by atoms with Gasteiger partial charge in [-0.3, -0.25) is 4.90 Å². The van der Waals surface area contributed by atoms with Gasteiger partial charge in [0, 0.05) is 55.2 Å². The van der Waals surface area contributed by atoms with Gasteiger partial charge < -0.3 is 24.5 Å². The highest BCUT2D eigenvalue weighted by atomic mass is 19.1. The van der Waals surface area contributed by atoms with Crippen LogP contribution in [0, 0.1) is 5.82 Å². The first-order valence-corrected chi connectivity index (χ1v) is 15.2. The number of fused-ring (bicyclic) bond motifs is 5. The summed E-state index contributed by atoms with van der Waals surface area (Å²) in [6.45, 7) is 5.24. The molecule has 2 aromatic heterocycles. The Morgan fingerprint density at radius 2 is 1.98 bits per heavy atom. The molecule has 2 aromatic carbocycles. The number of ether oxygens (including phenoxy) is 1. The molecule has 4 saturated heterocycles. The van der Waals surface area contributed by atoms with Crippen LogP contribution in [0.2, 0.25) is 0 Å². The molecule has 8 rings (SSSR count). The van der Waals surface area contributed by atoms with Crippen LogP contribution in [0.25, 0.3) is 33.3 Å². The molecule has 4 atom stereocenters. The zero-order valence-electron chi connectivity index (χ0n) is 23.7. The quantitative estimate of drug-likeness (QED) is 0.319. The van der Waals surface area contributed by atoms with Crippen molar-refractivity contribution in [2.75, 3.05) is 37.7 Å². The Morgan fingerprint density at radius 3 is 2.79 bits per heavy atom. The summed E-state index contributed by atoms with van der Waals surface area (Å²) in [5.74, 6) is 1.16. The van der Waals surface area contributed by atoms with Crippen molar-refractivity contribution in [3.63, 3.8) is 0 Å². The number of aryl methyl sites for hydroxylation is 1. The molecule has 8 nitrogen and oxygen atoms in total. The Balaban J connectivity index is 1.24. The zero-order valence-corrected chi connectivity index (χ0v) is 23.7. The number of aromatic nitrogens is 2. The van der Waals surface area contributed by atoms with Crippen LogP contribution in [-0.2, 0) is 6.42 Å². The first kappa shape index (κ1) is 26.2. The molecule has 4 fully saturated rings. The van der Waals surface area contributed by atoms with Crippen molar-refractivity contribution in [2.24, 2.45) is 0 Å². The first-order chi connectivity index (χ1) is 20.4. The number of aromatic hydroxyl groups is 1. The fourth-order valence-electron chi connectivity index (χ4n) is 7.94. The van der Waals surface area contributed by atoms with Gasteiger partial charge in [-0.25, -0.2) is 13.8 Å². The van der Waals surface area contributed by atoms with Crippen LogP contribution in [0.4, 0.5) is 14.6 Å². The third-order valence-electron chi connectivity index (χ3n) is 9.84. The number of piperazine rings is 1. The zero-order chi connectivity index (χ0) is 28.6. The lowest BCUT2D eigenvalue weighted by Gasteiger charge is -2.34. The van der Waals surface area contributed by atoms with Gasteiger partial charge in [0.1, 0.15) is 24.3 Å². The summed E-state index contributed by atoms with van der Waals surface area (Å²) in [6, 6.07) is 8.84. The van der Waals surface area contributed by atoms with Gasteiger partial charge in [-0.1, -0.05) is 13.0 Å². The predicted molar refractivity (Wildman–Crippen MR) is 156 cm³/mol. The van der Waals surface area contributed by atoms with Crippen molar-refractivity contribution in [1.82, 2.24) is 20.2 Å². The minimum atomic E-state index is -0.831. The standard InChI is InChI=1S/C32H35F2N5O3/c1-2-23-25(34)7-4-18-10-22(40)11-24(28(18)23)31-37-29-26(42-31)12-27(36-30(29)38-15-20-5-6-21(16-38)35-20)41-17-32-8-3-9-39(32)14-19(33)13-32/h4,7,10-12,19-21,35,40H,2-3,5-6,8-9,13-17H2,1H3/t19?,20?,21?,32-/m0/s1. The summed E-state index contributed by atoms with van der Waals surface area (Å²) < 4.78 is 42.1. The predicted octanol–water partition coefficient (Wildman–Crippen LogP) is 5.35. The van der Waals surface area contributed by atoms with Gasteiger partial charge in [-0.15, -0.1) is 0 Å². The SMILES string of the molecule is CCc1c(F)ccc2cc(O)cc(-c3nc4c(N5CC6CCC(C5)N6)nc(OC[C@@]56CCCN5CC(F)C6)cc4o3)c12. The molecule has 4 aromatic rings. The Kier molecular flexibility index (Phi) is 6.08. The third kappa shape index (κ3) is 4.21. The maximum atomic E-state index is 14.9. The largest absolute Gasteiger partial charge is 0.508 e. The van der Waals surface area contributed by atoms with E-state index in [2.05, 4.69) is 15.1 Å². The number of oxazole rings is 1. The molecule has 0 spiro atoms. The molecule has 0 radical (unpaired) electrons. The smallest absolute Gasteiger partial charge is 0.228 e. The number of rotatable bonds is 6. The molecule has 0 amide bonds. The van der Waals surface area contributed by atoms with Gasteiger partial charge >= 0.3 is 0 Å². The minimum Gasteiger partial charge on any atom is -0.508 e. The third-order valence-corrected chi connectivity index (χ3v) is 9.84. The molecule has 220 valence electrons. The van der Waals surface area contributed by atoms with Crippen LogP contribution < -0.4 is 15.0 Å². The molecular weight excluding hydrogens is 540 g/mol. The average molecular weight is 576 g/mol. The lowest BCUT2D eigenvalue weighted by molar-refractivity contribution is 0.110. The van der Waals surface area contributed by atoms with Crippen LogP contribution in [0.5, 0.6) is 11.6 Å². The summed E-state index contributed by atoms with van der Waals surface area (Å²) in [5.41, 5.74) is 1.91. The number of pyridine rings is 1. The Bertz CT molecular complexity index is 1680. The van der Waals surface area contributed by atoms with Crippen molar-refractivity contribution >= 4 is 27.7 Å². The number of phenolic OH excluding ortho intramolecular Hbond substituents is 1. The second kappa shape index (κ2) is 9.77. The number of phenols is 1. The summed E-state index contributed by atoms with van der Waals surface area (Å²) in [4.78, 5) is 14.4. The van der Waals surface area contributed by atoms with Gasteiger partial charge in [0.2, 0.25) is 11.8 Å². The maximum absolute atomic E-state index is 14.9. The first-order valence-electron chi connectivity index (χ1n) is 15.2. The average Bonchev–Trinajstić information content (AvgIpc) is 3.73. The number of nitrogens with one attached hydrogen (secondary N) is 1. The van der Waals surface area contributed by atoms with E-state index in [1.165, 1.54) is 6.07 Å². The molecule has 42 heavy (non-hydrogen) atoms. The molecule has 0 aliphatic carbocycles. The molecule has 4 aliphatic heterocycles. The van der Waals surface area contributed by atoms with E-state index < -0.39 is 6.17 Å². The van der Waals surface area contributed by atoms with E-state index in [-0.39, 0.29) is 17.1 Å². The van der Waals surface area contributed by atoms with Crippen LogP contribution in [-0.4, -0.2) is 76.6 Å². The van der Waals surface area contributed by atoms with Crippen molar-refractivity contribution in [3.05, 3.63) is 41.7 Å². The number of anilines is 1. The van der Waals surface area contributed by atoms with E-state index in [9.17, 15) is 13.9 Å². The number of nitrogens with zero attached hydrogens (tertiary/aromatic N) is 4. The highest BCUT2D eigenvalue weighted by molar-refractivity contribution is 6.00. The number of halogens is 2. The second-order valence-electron chi connectivity index (χ2n) is 12.5. The monoisotopic (exact) mass is 575 g/mol. The molecule has 6 heterocycles. The minimum absolute atomic E-state index is 0.0533. The van der Waals surface area contributed by atoms with Gasteiger partial charge in [0.15, 0.2) is 16.9 Å². The van der Waals surface area contributed by atoms with Crippen LogP contribution in [0.1, 0.15) is 44.6 Å². The van der Waals surface area contributed by atoms with Gasteiger partial charge in [-0.05, 0) is 67.8 Å². The van der Waals surface area contributed by atoms with E-state index in [4.69, 9.17) is 19.1 Å². The van der Waals surface area contributed by atoms with Crippen LogP contribution in [0.15, 0.2) is 34.7 Å². The van der Waals surface area contributed by atoms with Gasteiger partial charge in [-0.2, -0.15) is 4.98 Å². The molecule has 2 bridgehead atoms. The van der Waals surface area contributed by atoms with Crippen molar-refractivity contribution in [1.29, 1.82) is 0 Å². The molecule has 4 aliphatic rings. The molecule has 0 saturated carbocycles. The Morgan fingerprint density at radius 1 is 1.14 bits per heavy atom. The number of alkyl halides is 1. The highest BCUT2D eigenvalue weighted by Gasteiger charge is 2.49. The van der Waals surface area contributed by atoms with E-state index >= 15 is 0 Å². The Hall–Kier alpha value is -3.50. The van der Waals surface area contributed by atoms with E-state index in [0.29, 0.717) is 83.3 Å². The normalized spacial score (nSPS) is 27.4. The number of hydrogen-bond acceptors (Lipinski definition) is 8. The second-order valence-corrected chi connectivity index (χ2v) is 12.5.